The molecule has 4 nitrogen and oxygen atoms in total. The summed E-state index contributed by atoms with van der Waals surface area (Å²) in [6.45, 7) is 11.0. The predicted octanol–water partition coefficient (Wildman–Crippen LogP) is 2.08. The number of nitrogens with one attached hydrogen (secondary N) is 1. The van der Waals surface area contributed by atoms with Gasteiger partial charge in [0, 0.05) is 19.1 Å². The number of amides is 1. The molecule has 4 heteroatoms. The number of benzene rings is 1. The summed E-state index contributed by atoms with van der Waals surface area (Å²) in [5.74, 6) is -0.881. The standard InChI is InChI=1S/C16H20N2O2/c1-10(2)17-8-11(3)9-18-14-12(4)6-5-7-13(14)15(19)16(18)20/h5-7,10,17H,3,8-9H2,1-2,4H3. The molecule has 0 saturated carbocycles. The Labute approximate surface area is 119 Å². The number of anilines is 1. The van der Waals surface area contributed by atoms with Crippen molar-refractivity contribution in [1.82, 2.24) is 5.32 Å². The molecule has 1 aliphatic heterocycles. The Morgan fingerprint density at radius 3 is 2.70 bits per heavy atom. The summed E-state index contributed by atoms with van der Waals surface area (Å²) < 4.78 is 0. The molecule has 20 heavy (non-hydrogen) atoms. The molecule has 0 saturated heterocycles. The molecule has 1 N–H and O–H groups in total. The number of Topliss-reactive ketones (excluding diaryl/α,β-unsaturated/α-hetero) is 1. The van der Waals surface area contributed by atoms with Crippen LogP contribution in [0.3, 0.4) is 0 Å². The van der Waals surface area contributed by atoms with Gasteiger partial charge in [0.1, 0.15) is 0 Å². The summed E-state index contributed by atoms with van der Waals surface area (Å²) >= 11 is 0. The van der Waals surface area contributed by atoms with E-state index in [1.807, 2.05) is 13.0 Å². The predicted molar refractivity (Wildman–Crippen MR) is 80.1 cm³/mol. The number of hydrogen-bond acceptors (Lipinski definition) is 3. The zero-order valence-corrected chi connectivity index (χ0v) is 12.2. The van der Waals surface area contributed by atoms with Crippen molar-refractivity contribution in [3.63, 3.8) is 0 Å². The fourth-order valence-electron chi connectivity index (χ4n) is 2.32. The molecule has 0 atom stereocenters. The van der Waals surface area contributed by atoms with Gasteiger partial charge in [-0.3, -0.25) is 9.59 Å². The van der Waals surface area contributed by atoms with Crippen molar-refractivity contribution in [2.75, 3.05) is 18.0 Å². The van der Waals surface area contributed by atoms with Crippen molar-refractivity contribution in [3.8, 4) is 0 Å². The highest BCUT2D eigenvalue weighted by molar-refractivity contribution is 6.52. The van der Waals surface area contributed by atoms with Crippen LogP contribution in [0.1, 0.15) is 29.8 Å². The summed E-state index contributed by atoms with van der Waals surface area (Å²) in [7, 11) is 0. The van der Waals surface area contributed by atoms with Crippen molar-refractivity contribution in [2.24, 2.45) is 0 Å². The fourth-order valence-corrected chi connectivity index (χ4v) is 2.32. The summed E-state index contributed by atoms with van der Waals surface area (Å²) in [5, 5.41) is 3.26. The van der Waals surface area contributed by atoms with Crippen LogP contribution >= 0.6 is 0 Å². The van der Waals surface area contributed by atoms with Crippen LogP contribution in [0.4, 0.5) is 5.69 Å². The average molecular weight is 272 g/mol. The number of carbonyl (C=O) groups excluding carboxylic acids is 2. The van der Waals surface area contributed by atoms with E-state index in [4.69, 9.17) is 0 Å². The molecule has 1 heterocycles. The van der Waals surface area contributed by atoms with Gasteiger partial charge < -0.3 is 10.2 Å². The maximum Gasteiger partial charge on any atom is 0.299 e. The first-order valence-corrected chi connectivity index (χ1v) is 6.77. The van der Waals surface area contributed by atoms with Crippen LogP contribution in [0.25, 0.3) is 0 Å². The van der Waals surface area contributed by atoms with E-state index in [1.54, 1.807) is 12.1 Å². The van der Waals surface area contributed by atoms with E-state index in [2.05, 4.69) is 25.7 Å². The normalized spacial score (nSPS) is 14.1. The highest BCUT2D eigenvalue weighted by atomic mass is 16.2. The number of para-hydroxylation sites is 1. The van der Waals surface area contributed by atoms with Gasteiger partial charge in [-0.15, -0.1) is 0 Å². The lowest BCUT2D eigenvalue weighted by Crippen LogP contribution is -2.35. The van der Waals surface area contributed by atoms with Crippen molar-refractivity contribution < 1.29 is 9.59 Å². The van der Waals surface area contributed by atoms with Crippen LogP contribution in [0.5, 0.6) is 0 Å². The molecule has 0 spiro atoms. The third-order valence-corrected chi connectivity index (χ3v) is 3.33. The lowest BCUT2D eigenvalue weighted by molar-refractivity contribution is -0.114. The average Bonchev–Trinajstić information content (AvgIpc) is 2.63. The first-order chi connectivity index (χ1) is 9.41. The summed E-state index contributed by atoms with van der Waals surface area (Å²) in [6.07, 6.45) is 0. The monoisotopic (exact) mass is 272 g/mol. The Morgan fingerprint density at radius 2 is 2.05 bits per heavy atom. The van der Waals surface area contributed by atoms with Crippen LogP contribution in [0.2, 0.25) is 0 Å². The fraction of sp³-hybridized carbons (Fsp3) is 0.375. The molecule has 0 radical (unpaired) electrons. The highest BCUT2D eigenvalue weighted by Gasteiger charge is 2.36. The second-order valence-electron chi connectivity index (χ2n) is 5.48. The Balaban J connectivity index is 2.20. The van der Waals surface area contributed by atoms with Crippen LogP contribution in [-0.4, -0.2) is 30.8 Å². The van der Waals surface area contributed by atoms with E-state index >= 15 is 0 Å². The maximum atomic E-state index is 12.1. The van der Waals surface area contributed by atoms with Gasteiger partial charge in [0.2, 0.25) is 0 Å². The van der Waals surface area contributed by atoms with E-state index in [-0.39, 0.29) is 0 Å². The molecule has 1 amide bonds. The zero-order chi connectivity index (χ0) is 14.9. The van der Waals surface area contributed by atoms with Gasteiger partial charge in [-0.05, 0) is 24.1 Å². The number of aryl methyl sites for hydroxylation is 1. The summed E-state index contributed by atoms with van der Waals surface area (Å²) in [4.78, 5) is 25.6. The lowest BCUT2D eigenvalue weighted by atomic mass is 10.1. The van der Waals surface area contributed by atoms with Crippen molar-refractivity contribution >= 4 is 17.4 Å². The van der Waals surface area contributed by atoms with Crippen LogP contribution in [-0.2, 0) is 4.79 Å². The highest BCUT2D eigenvalue weighted by Crippen LogP contribution is 2.32. The minimum absolute atomic E-state index is 0.358. The molecular weight excluding hydrogens is 252 g/mol. The van der Waals surface area contributed by atoms with Crippen LogP contribution in [0, 0.1) is 6.92 Å². The van der Waals surface area contributed by atoms with E-state index in [9.17, 15) is 9.59 Å². The first kappa shape index (κ1) is 14.5. The molecule has 2 rings (SSSR count). The zero-order valence-electron chi connectivity index (χ0n) is 12.2. The number of rotatable bonds is 5. The third-order valence-electron chi connectivity index (χ3n) is 3.33. The quantitative estimate of drug-likeness (QED) is 0.659. The topological polar surface area (TPSA) is 49.4 Å². The Hall–Kier alpha value is -1.94. The van der Waals surface area contributed by atoms with E-state index in [0.29, 0.717) is 24.7 Å². The van der Waals surface area contributed by atoms with Gasteiger partial charge in [0.25, 0.3) is 11.7 Å². The first-order valence-electron chi connectivity index (χ1n) is 6.77. The number of hydrogen-bond donors (Lipinski definition) is 1. The molecule has 0 fully saturated rings. The summed E-state index contributed by atoms with van der Waals surface area (Å²) in [6, 6.07) is 5.78. The van der Waals surface area contributed by atoms with Gasteiger partial charge in [0.05, 0.1) is 11.3 Å². The summed E-state index contributed by atoms with van der Waals surface area (Å²) in [5.41, 5.74) is 3.05. The third kappa shape index (κ3) is 2.65. The molecule has 0 unspecified atom stereocenters. The smallest absolute Gasteiger partial charge is 0.299 e. The molecular formula is C16H20N2O2. The number of carbonyl (C=O) groups is 2. The molecule has 1 aromatic rings. The van der Waals surface area contributed by atoms with Crippen molar-refractivity contribution in [1.29, 1.82) is 0 Å². The Morgan fingerprint density at radius 1 is 1.35 bits per heavy atom. The Kier molecular flexibility index (Phi) is 4.04. The van der Waals surface area contributed by atoms with Gasteiger partial charge in [-0.1, -0.05) is 32.6 Å². The minimum atomic E-state index is -0.458. The molecule has 1 aromatic carbocycles. The van der Waals surface area contributed by atoms with E-state index < -0.39 is 11.7 Å². The van der Waals surface area contributed by atoms with Crippen molar-refractivity contribution in [2.45, 2.75) is 26.8 Å². The lowest BCUT2D eigenvalue weighted by Gasteiger charge is -2.20. The van der Waals surface area contributed by atoms with Gasteiger partial charge >= 0.3 is 0 Å². The molecule has 0 aromatic heterocycles. The van der Waals surface area contributed by atoms with E-state index in [0.717, 1.165) is 16.8 Å². The maximum absolute atomic E-state index is 12.1. The van der Waals surface area contributed by atoms with Crippen molar-refractivity contribution in [3.05, 3.63) is 41.5 Å². The molecule has 106 valence electrons. The van der Waals surface area contributed by atoms with Crippen LogP contribution < -0.4 is 10.2 Å². The molecule has 0 aliphatic carbocycles. The number of ketones is 1. The minimum Gasteiger partial charge on any atom is -0.311 e. The van der Waals surface area contributed by atoms with Crippen LogP contribution in [0.15, 0.2) is 30.4 Å². The second kappa shape index (κ2) is 5.59. The number of fused-ring (bicyclic) bond motifs is 1. The molecule has 1 aliphatic rings. The van der Waals surface area contributed by atoms with Gasteiger partial charge in [-0.2, -0.15) is 0 Å². The second-order valence-corrected chi connectivity index (χ2v) is 5.48. The number of nitrogens with zero attached hydrogens (tertiary/aromatic N) is 1. The SMILES string of the molecule is C=C(CNC(C)C)CN1C(=O)C(=O)c2cccc(C)c21. The molecule has 0 bridgehead atoms. The largest absolute Gasteiger partial charge is 0.311 e. The van der Waals surface area contributed by atoms with Gasteiger partial charge in [-0.25, -0.2) is 0 Å². The Bertz CT molecular complexity index is 576. The van der Waals surface area contributed by atoms with E-state index in [1.165, 1.54) is 4.90 Å². The van der Waals surface area contributed by atoms with Gasteiger partial charge in [0.15, 0.2) is 0 Å².